The highest BCUT2D eigenvalue weighted by molar-refractivity contribution is 8.15. The number of hydrogen-bond acceptors (Lipinski definition) is 6. The molecule has 7 nitrogen and oxygen atoms in total. The van der Waals surface area contributed by atoms with E-state index in [1.165, 1.54) is 30.9 Å². The van der Waals surface area contributed by atoms with Gasteiger partial charge in [-0.3, -0.25) is 14.5 Å². The highest BCUT2D eigenvalue weighted by Crippen LogP contribution is 2.33. The van der Waals surface area contributed by atoms with Crippen LogP contribution in [0.4, 0.5) is 11.4 Å². The second-order valence-electron chi connectivity index (χ2n) is 6.99. The summed E-state index contributed by atoms with van der Waals surface area (Å²) in [6.45, 7) is 5.93. The lowest BCUT2D eigenvalue weighted by Gasteiger charge is -2.14. The Morgan fingerprint density at radius 3 is 2.66 bits per heavy atom. The Balaban J connectivity index is 1.74. The number of nitrogens with zero attached hydrogens (tertiary/aromatic N) is 2. The molecular weight excluding hydrogens is 450 g/mol. The van der Waals surface area contributed by atoms with Gasteiger partial charge in [0.25, 0.3) is 0 Å². The third kappa shape index (κ3) is 5.44. The van der Waals surface area contributed by atoms with Gasteiger partial charge in [0.1, 0.15) is 5.25 Å². The van der Waals surface area contributed by atoms with Crippen LogP contribution in [0.2, 0.25) is 5.02 Å². The van der Waals surface area contributed by atoms with Gasteiger partial charge in [-0.05, 0) is 36.8 Å². The molecule has 1 N–H and O–H groups in total. The number of aryl methyl sites for hydroxylation is 1. The normalized spacial score (nSPS) is 16.9. The van der Waals surface area contributed by atoms with E-state index in [-0.39, 0.29) is 18.2 Å². The van der Waals surface area contributed by atoms with Gasteiger partial charge in [-0.25, -0.2) is 4.99 Å². The molecule has 1 aliphatic rings. The maximum absolute atomic E-state index is 12.9. The zero-order valence-electron chi connectivity index (χ0n) is 18.1. The maximum Gasteiger partial charge on any atom is 0.242 e. The molecule has 0 saturated carbocycles. The molecule has 0 spiro atoms. The number of ether oxygens (including phenoxy) is 2. The Labute approximate surface area is 196 Å². The molecule has 1 atom stereocenters. The second kappa shape index (κ2) is 10.6. The van der Waals surface area contributed by atoms with E-state index in [1.54, 1.807) is 30.3 Å². The summed E-state index contributed by atoms with van der Waals surface area (Å²) >= 11 is 7.45. The van der Waals surface area contributed by atoms with E-state index in [4.69, 9.17) is 21.1 Å². The predicted molar refractivity (Wildman–Crippen MR) is 129 cm³/mol. The fourth-order valence-electron chi connectivity index (χ4n) is 3.08. The van der Waals surface area contributed by atoms with Crippen molar-refractivity contribution in [2.24, 2.45) is 4.99 Å². The number of nitrogens with one attached hydrogen (secondary N) is 1. The van der Waals surface area contributed by atoms with Gasteiger partial charge in [-0.2, -0.15) is 0 Å². The van der Waals surface area contributed by atoms with Crippen LogP contribution in [0.1, 0.15) is 12.0 Å². The summed E-state index contributed by atoms with van der Waals surface area (Å²) in [5.74, 6) is 0.583. The first-order valence-corrected chi connectivity index (χ1v) is 11.1. The number of halogens is 1. The number of carbonyl (C=O) groups is 2. The maximum atomic E-state index is 12.9. The number of anilines is 1. The third-order valence-corrected chi connectivity index (χ3v) is 6.33. The molecule has 32 heavy (non-hydrogen) atoms. The fraction of sp³-hybridized carbons (Fsp3) is 0.261. The molecular formula is C23H24ClN3O4S. The van der Waals surface area contributed by atoms with Crippen molar-refractivity contribution in [3.05, 3.63) is 59.6 Å². The summed E-state index contributed by atoms with van der Waals surface area (Å²) in [6.07, 6.45) is 1.63. The van der Waals surface area contributed by atoms with Crippen LogP contribution < -0.4 is 14.8 Å². The number of benzene rings is 2. The van der Waals surface area contributed by atoms with E-state index in [1.807, 2.05) is 19.1 Å². The minimum Gasteiger partial charge on any atom is -0.493 e. The molecule has 1 saturated heterocycles. The summed E-state index contributed by atoms with van der Waals surface area (Å²) in [6, 6.07) is 10.5. The first-order valence-electron chi connectivity index (χ1n) is 9.82. The Morgan fingerprint density at radius 2 is 2.00 bits per heavy atom. The van der Waals surface area contributed by atoms with Crippen molar-refractivity contribution < 1.29 is 19.1 Å². The van der Waals surface area contributed by atoms with Gasteiger partial charge < -0.3 is 14.8 Å². The van der Waals surface area contributed by atoms with E-state index in [0.717, 1.165) is 5.56 Å². The highest BCUT2D eigenvalue weighted by atomic mass is 35.5. The van der Waals surface area contributed by atoms with E-state index in [0.29, 0.717) is 39.6 Å². The van der Waals surface area contributed by atoms with Gasteiger partial charge in [0.2, 0.25) is 11.8 Å². The van der Waals surface area contributed by atoms with Crippen LogP contribution in [0.3, 0.4) is 0 Å². The van der Waals surface area contributed by atoms with Crippen LogP contribution >= 0.6 is 23.4 Å². The number of aliphatic imine (C=N–C) groups is 1. The highest BCUT2D eigenvalue weighted by Gasteiger charge is 2.38. The van der Waals surface area contributed by atoms with Crippen LogP contribution in [0.15, 0.2) is 54.0 Å². The smallest absolute Gasteiger partial charge is 0.242 e. The fourth-order valence-corrected chi connectivity index (χ4v) is 4.42. The minimum absolute atomic E-state index is 0.000832. The molecule has 1 unspecified atom stereocenters. The SMILES string of the molecule is C=CCN1C(=O)C(CC(=O)Nc2ccc(OC)c(OC)c2)SC1=Nc1ccc(C)c(Cl)c1. The number of carbonyl (C=O) groups excluding carboxylic acids is 2. The summed E-state index contributed by atoms with van der Waals surface area (Å²) < 4.78 is 10.5. The van der Waals surface area contributed by atoms with Gasteiger partial charge in [-0.15, -0.1) is 6.58 Å². The van der Waals surface area contributed by atoms with Gasteiger partial charge >= 0.3 is 0 Å². The number of methoxy groups -OCH3 is 2. The van der Waals surface area contributed by atoms with Crippen molar-refractivity contribution in [1.82, 2.24) is 4.90 Å². The number of thioether (sulfide) groups is 1. The standard InChI is InChI=1S/C23H24ClN3O4S/c1-5-10-27-22(29)20(32-23(27)26-15-7-6-14(2)17(24)11-15)13-21(28)25-16-8-9-18(30-3)19(12-16)31-4/h5-9,11-12,20H,1,10,13H2,2-4H3,(H,25,28). The minimum atomic E-state index is -0.588. The van der Waals surface area contributed by atoms with Crippen LogP contribution in [0.5, 0.6) is 11.5 Å². The van der Waals surface area contributed by atoms with Gasteiger partial charge in [0.15, 0.2) is 16.7 Å². The lowest BCUT2D eigenvalue weighted by atomic mass is 10.2. The van der Waals surface area contributed by atoms with E-state index < -0.39 is 5.25 Å². The molecule has 1 aliphatic heterocycles. The monoisotopic (exact) mass is 473 g/mol. The molecule has 2 aromatic rings. The first kappa shape index (κ1) is 23.7. The molecule has 1 heterocycles. The summed E-state index contributed by atoms with van der Waals surface area (Å²) in [7, 11) is 3.06. The molecule has 2 aromatic carbocycles. The van der Waals surface area contributed by atoms with Crippen molar-refractivity contribution in [3.63, 3.8) is 0 Å². The van der Waals surface area contributed by atoms with Gasteiger partial charge in [0.05, 0.1) is 19.9 Å². The van der Waals surface area contributed by atoms with Crippen LogP contribution in [-0.2, 0) is 9.59 Å². The lowest BCUT2D eigenvalue weighted by Crippen LogP contribution is -2.33. The third-order valence-electron chi connectivity index (χ3n) is 4.75. The number of rotatable bonds is 8. The van der Waals surface area contributed by atoms with E-state index >= 15 is 0 Å². The molecule has 9 heteroatoms. The van der Waals surface area contributed by atoms with E-state index in [9.17, 15) is 9.59 Å². The molecule has 1 fully saturated rings. The van der Waals surface area contributed by atoms with Crippen LogP contribution in [0.25, 0.3) is 0 Å². The molecule has 0 radical (unpaired) electrons. The predicted octanol–water partition coefficient (Wildman–Crippen LogP) is 4.81. The average molecular weight is 474 g/mol. The van der Waals surface area contributed by atoms with Crippen molar-refractivity contribution >= 4 is 51.7 Å². The van der Waals surface area contributed by atoms with Gasteiger partial charge in [-0.1, -0.05) is 35.5 Å². The Kier molecular flexibility index (Phi) is 7.82. The number of hydrogen-bond donors (Lipinski definition) is 1. The van der Waals surface area contributed by atoms with Crippen LogP contribution in [-0.4, -0.2) is 47.9 Å². The quantitative estimate of drug-likeness (QED) is 0.556. The summed E-state index contributed by atoms with van der Waals surface area (Å²) in [5, 5.41) is 3.33. The zero-order valence-corrected chi connectivity index (χ0v) is 19.6. The first-order chi connectivity index (χ1) is 15.4. The lowest BCUT2D eigenvalue weighted by molar-refractivity contribution is -0.127. The molecule has 2 amide bonds. The topological polar surface area (TPSA) is 80.2 Å². The zero-order chi connectivity index (χ0) is 23.3. The van der Waals surface area contributed by atoms with E-state index in [2.05, 4.69) is 16.9 Å². The van der Waals surface area contributed by atoms with Crippen molar-refractivity contribution in [3.8, 4) is 11.5 Å². The molecule has 3 rings (SSSR count). The number of amides is 2. The summed E-state index contributed by atoms with van der Waals surface area (Å²) in [4.78, 5) is 31.7. The Morgan fingerprint density at radius 1 is 1.25 bits per heavy atom. The Bertz CT molecular complexity index is 1070. The number of amidine groups is 1. The van der Waals surface area contributed by atoms with Crippen molar-refractivity contribution in [1.29, 1.82) is 0 Å². The van der Waals surface area contributed by atoms with Gasteiger partial charge in [0, 0.05) is 29.7 Å². The largest absolute Gasteiger partial charge is 0.493 e. The molecule has 0 aromatic heterocycles. The van der Waals surface area contributed by atoms with Crippen molar-refractivity contribution in [2.75, 3.05) is 26.1 Å². The Hall–Kier alpha value is -2.97. The van der Waals surface area contributed by atoms with Crippen LogP contribution in [0, 0.1) is 6.92 Å². The summed E-state index contributed by atoms with van der Waals surface area (Å²) in [5.41, 5.74) is 2.13. The molecule has 168 valence electrons. The molecule has 0 aliphatic carbocycles. The second-order valence-corrected chi connectivity index (χ2v) is 8.57. The van der Waals surface area contributed by atoms with Crippen molar-refractivity contribution in [2.45, 2.75) is 18.6 Å². The average Bonchev–Trinajstić information content (AvgIpc) is 3.05. The molecule has 0 bridgehead atoms.